The van der Waals surface area contributed by atoms with Crippen LogP contribution in [0.25, 0.3) is 21.9 Å². The molecule has 23 heavy (non-hydrogen) atoms. The zero-order valence-electron chi connectivity index (χ0n) is 12.5. The predicted molar refractivity (Wildman–Crippen MR) is 88.1 cm³/mol. The largest absolute Gasteiger partial charge is 0.349 e. The van der Waals surface area contributed by atoms with Gasteiger partial charge in [0.1, 0.15) is 16.9 Å². The van der Waals surface area contributed by atoms with Crippen LogP contribution >= 0.6 is 0 Å². The van der Waals surface area contributed by atoms with Crippen LogP contribution in [-0.4, -0.2) is 14.5 Å². The van der Waals surface area contributed by atoms with Gasteiger partial charge in [0.15, 0.2) is 0 Å². The van der Waals surface area contributed by atoms with Gasteiger partial charge in [-0.3, -0.25) is 9.36 Å². The fraction of sp³-hybridized carbons (Fsp3) is 0.111. The lowest BCUT2D eigenvalue weighted by Gasteiger charge is -2.14. The van der Waals surface area contributed by atoms with E-state index in [0.717, 1.165) is 5.56 Å². The van der Waals surface area contributed by atoms with E-state index in [2.05, 4.69) is 9.97 Å². The number of aromatic nitrogens is 3. The first-order valence-corrected chi connectivity index (χ1v) is 7.38. The Morgan fingerprint density at radius 2 is 1.96 bits per heavy atom. The summed E-state index contributed by atoms with van der Waals surface area (Å²) in [5, 5.41) is 0.622. The first-order chi connectivity index (χ1) is 11.1. The number of nitrogens with zero attached hydrogens (tertiary/aromatic N) is 2. The molecule has 2 heterocycles. The Labute approximate surface area is 131 Å². The zero-order valence-corrected chi connectivity index (χ0v) is 12.5. The van der Waals surface area contributed by atoms with Gasteiger partial charge in [-0.15, -0.1) is 0 Å². The third kappa shape index (κ3) is 2.12. The van der Waals surface area contributed by atoms with Gasteiger partial charge in [-0.2, -0.15) is 0 Å². The van der Waals surface area contributed by atoms with E-state index in [9.17, 15) is 9.18 Å². The van der Waals surface area contributed by atoms with Crippen LogP contribution in [-0.2, 0) is 0 Å². The van der Waals surface area contributed by atoms with E-state index in [-0.39, 0.29) is 17.4 Å². The molecule has 0 amide bonds. The van der Waals surface area contributed by atoms with Gasteiger partial charge in [0.05, 0.1) is 12.4 Å². The summed E-state index contributed by atoms with van der Waals surface area (Å²) in [4.78, 5) is 20.2. The molecule has 0 saturated heterocycles. The fourth-order valence-corrected chi connectivity index (χ4v) is 2.91. The minimum absolute atomic E-state index is 0.135. The Morgan fingerprint density at radius 3 is 2.74 bits per heavy atom. The number of nitrogens with one attached hydrogen (secondary N) is 1. The molecule has 0 aliphatic carbocycles. The maximum atomic E-state index is 13.4. The normalized spacial score (nSPS) is 12.8. The molecule has 0 unspecified atom stereocenters. The van der Waals surface area contributed by atoms with E-state index in [0.29, 0.717) is 21.9 Å². The number of halogens is 1. The van der Waals surface area contributed by atoms with Crippen LogP contribution in [0.2, 0.25) is 0 Å². The van der Waals surface area contributed by atoms with E-state index < -0.39 is 0 Å². The summed E-state index contributed by atoms with van der Waals surface area (Å²) in [5.41, 5.74) is 2.47. The third-order valence-electron chi connectivity index (χ3n) is 4.19. The van der Waals surface area contributed by atoms with Crippen LogP contribution in [0.1, 0.15) is 18.5 Å². The van der Waals surface area contributed by atoms with Gasteiger partial charge in [-0.25, -0.2) is 9.37 Å². The summed E-state index contributed by atoms with van der Waals surface area (Å²) in [7, 11) is 0. The molecule has 1 N–H and O–H groups in total. The Bertz CT molecular complexity index is 1070. The average molecular weight is 307 g/mol. The molecule has 4 rings (SSSR count). The molecular formula is C18H14FN3O. The van der Waals surface area contributed by atoms with Crippen molar-refractivity contribution in [3.63, 3.8) is 0 Å². The number of hydrogen-bond donors (Lipinski definition) is 1. The second-order valence-corrected chi connectivity index (χ2v) is 5.58. The van der Waals surface area contributed by atoms with Gasteiger partial charge < -0.3 is 4.98 Å². The topological polar surface area (TPSA) is 50.7 Å². The van der Waals surface area contributed by atoms with E-state index >= 15 is 0 Å². The maximum Gasteiger partial charge on any atom is 0.278 e. The second kappa shape index (κ2) is 5.05. The molecule has 0 aliphatic heterocycles. The van der Waals surface area contributed by atoms with Crippen molar-refractivity contribution in [1.82, 2.24) is 14.5 Å². The zero-order chi connectivity index (χ0) is 16.0. The molecule has 1 atom stereocenters. The van der Waals surface area contributed by atoms with E-state index in [4.69, 9.17) is 0 Å². The van der Waals surface area contributed by atoms with Crippen molar-refractivity contribution in [2.75, 3.05) is 0 Å². The molecule has 4 nitrogen and oxygen atoms in total. The summed E-state index contributed by atoms with van der Waals surface area (Å²) in [6, 6.07) is 14.0. The Kier molecular flexibility index (Phi) is 3.01. The lowest BCUT2D eigenvalue weighted by atomic mass is 10.1. The SMILES string of the molecule is C[C@@H](c1ccccc1)n1cnc2c([nH]c3ccc(F)cc32)c1=O. The molecule has 0 saturated carbocycles. The smallest absolute Gasteiger partial charge is 0.278 e. The molecule has 4 aromatic rings. The van der Waals surface area contributed by atoms with Gasteiger partial charge in [-0.1, -0.05) is 30.3 Å². The van der Waals surface area contributed by atoms with Gasteiger partial charge in [-0.05, 0) is 30.7 Å². The summed E-state index contributed by atoms with van der Waals surface area (Å²) >= 11 is 0. The Hall–Kier alpha value is -2.95. The number of benzene rings is 2. The first-order valence-electron chi connectivity index (χ1n) is 7.38. The van der Waals surface area contributed by atoms with Crippen LogP contribution in [0.4, 0.5) is 4.39 Å². The van der Waals surface area contributed by atoms with Crippen molar-refractivity contribution in [2.45, 2.75) is 13.0 Å². The van der Waals surface area contributed by atoms with E-state index in [1.165, 1.54) is 18.5 Å². The average Bonchev–Trinajstić information content (AvgIpc) is 2.94. The predicted octanol–water partition coefficient (Wildman–Crippen LogP) is 3.63. The highest BCUT2D eigenvalue weighted by atomic mass is 19.1. The van der Waals surface area contributed by atoms with Gasteiger partial charge >= 0.3 is 0 Å². The monoisotopic (exact) mass is 307 g/mol. The molecule has 2 aromatic heterocycles. The van der Waals surface area contributed by atoms with E-state index in [1.54, 1.807) is 10.6 Å². The lowest BCUT2D eigenvalue weighted by molar-refractivity contribution is 0.608. The standard InChI is InChI=1S/C18H14FN3O/c1-11(12-5-3-2-4-6-12)22-10-20-16-14-9-13(19)7-8-15(14)21-17(16)18(22)23/h2-11,21H,1H3/t11-/m0/s1. The molecule has 0 aliphatic rings. The van der Waals surface area contributed by atoms with Crippen molar-refractivity contribution in [3.8, 4) is 0 Å². The Balaban J connectivity index is 1.95. The van der Waals surface area contributed by atoms with Crippen LogP contribution in [0.3, 0.4) is 0 Å². The third-order valence-corrected chi connectivity index (χ3v) is 4.19. The van der Waals surface area contributed by atoms with Gasteiger partial charge in [0.25, 0.3) is 5.56 Å². The molecule has 114 valence electrons. The summed E-state index contributed by atoms with van der Waals surface area (Å²) in [6.07, 6.45) is 1.53. The number of aromatic amines is 1. The van der Waals surface area contributed by atoms with Gasteiger partial charge in [0, 0.05) is 10.9 Å². The van der Waals surface area contributed by atoms with Crippen molar-refractivity contribution in [3.05, 3.63) is 76.6 Å². The molecule has 5 heteroatoms. The lowest BCUT2D eigenvalue weighted by Crippen LogP contribution is -2.24. The Morgan fingerprint density at radius 1 is 1.17 bits per heavy atom. The quantitative estimate of drug-likeness (QED) is 0.615. The molecule has 0 bridgehead atoms. The summed E-state index contributed by atoms with van der Waals surface area (Å²) < 4.78 is 15.0. The fourth-order valence-electron chi connectivity index (χ4n) is 2.91. The number of rotatable bonds is 2. The van der Waals surface area contributed by atoms with Gasteiger partial charge in [0.2, 0.25) is 0 Å². The number of fused-ring (bicyclic) bond motifs is 3. The highest BCUT2D eigenvalue weighted by molar-refractivity contribution is 6.04. The van der Waals surface area contributed by atoms with Crippen LogP contribution in [0, 0.1) is 5.82 Å². The highest BCUT2D eigenvalue weighted by Gasteiger charge is 2.15. The van der Waals surface area contributed by atoms with Crippen molar-refractivity contribution in [1.29, 1.82) is 0 Å². The van der Waals surface area contributed by atoms with Crippen molar-refractivity contribution in [2.24, 2.45) is 0 Å². The molecule has 0 fully saturated rings. The van der Waals surface area contributed by atoms with Crippen LogP contribution in [0.15, 0.2) is 59.7 Å². The maximum absolute atomic E-state index is 13.4. The highest BCUT2D eigenvalue weighted by Crippen LogP contribution is 2.23. The first kappa shape index (κ1) is 13.7. The minimum atomic E-state index is -0.345. The molecule has 0 spiro atoms. The molecule has 2 aromatic carbocycles. The number of H-pyrrole nitrogens is 1. The second-order valence-electron chi connectivity index (χ2n) is 5.58. The van der Waals surface area contributed by atoms with Crippen molar-refractivity contribution < 1.29 is 4.39 Å². The molecular weight excluding hydrogens is 293 g/mol. The van der Waals surface area contributed by atoms with Crippen molar-refractivity contribution >= 4 is 21.9 Å². The molecule has 0 radical (unpaired) electrons. The summed E-state index contributed by atoms with van der Waals surface area (Å²) in [6.45, 7) is 1.95. The minimum Gasteiger partial charge on any atom is -0.349 e. The van der Waals surface area contributed by atoms with Crippen LogP contribution in [0.5, 0.6) is 0 Å². The van der Waals surface area contributed by atoms with Crippen LogP contribution < -0.4 is 5.56 Å². The van der Waals surface area contributed by atoms with E-state index in [1.807, 2.05) is 37.3 Å². The summed E-state index contributed by atoms with van der Waals surface area (Å²) in [5.74, 6) is -0.345. The number of hydrogen-bond acceptors (Lipinski definition) is 2.